The standard InChI is InChI=1S/C15H11N3O4/c16-9-12(8-13-6-7-14(22-13)18(20)21)15(19)17-10-11-4-2-1-3-5-11/h1-8H,10H2,(H,17,19)/b12-8-. The minimum Gasteiger partial charge on any atom is -0.401 e. The van der Waals surface area contributed by atoms with Crippen molar-refractivity contribution in [2.75, 3.05) is 0 Å². The number of benzene rings is 1. The fraction of sp³-hybridized carbons (Fsp3) is 0.0667. The molecular formula is C15H11N3O4. The molecule has 0 radical (unpaired) electrons. The summed E-state index contributed by atoms with van der Waals surface area (Å²) in [5.41, 5.74) is 0.696. The molecule has 0 spiro atoms. The number of hydrogen-bond donors (Lipinski definition) is 1. The average Bonchev–Trinajstić information content (AvgIpc) is 3.00. The highest BCUT2D eigenvalue weighted by atomic mass is 16.6. The van der Waals surface area contributed by atoms with Gasteiger partial charge in [0.2, 0.25) is 0 Å². The van der Waals surface area contributed by atoms with Crippen molar-refractivity contribution in [3.8, 4) is 6.07 Å². The summed E-state index contributed by atoms with van der Waals surface area (Å²) in [5, 5.41) is 22.1. The maximum atomic E-state index is 11.9. The van der Waals surface area contributed by atoms with Gasteiger partial charge in [-0.3, -0.25) is 14.9 Å². The van der Waals surface area contributed by atoms with Crippen molar-refractivity contribution in [2.45, 2.75) is 6.54 Å². The molecule has 1 amide bonds. The minimum atomic E-state index is -0.696. The second-order valence-corrected chi connectivity index (χ2v) is 4.27. The number of nitro groups is 1. The van der Waals surface area contributed by atoms with Crippen molar-refractivity contribution in [1.29, 1.82) is 5.26 Å². The smallest absolute Gasteiger partial charge is 0.401 e. The Morgan fingerprint density at radius 3 is 2.64 bits per heavy atom. The van der Waals surface area contributed by atoms with Crippen LogP contribution in [0.1, 0.15) is 11.3 Å². The molecule has 0 aliphatic heterocycles. The van der Waals surface area contributed by atoms with Crippen molar-refractivity contribution < 1.29 is 14.1 Å². The van der Waals surface area contributed by atoms with Gasteiger partial charge in [-0.25, -0.2) is 0 Å². The van der Waals surface area contributed by atoms with Crippen molar-refractivity contribution in [1.82, 2.24) is 5.32 Å². The van der Waals surface area contributed by atoms with E-state index in [4.69, 9.17) is 9.68 Å². The van der Waals surface area contributed by atoms with Crippen molar-refractivity contribution in [3.63, 3.8) is 0 Å². The van der Waals surface area contributed by atoms with E-state index in [1.165, 1.54) is 6.07 Å². The maximum Gasteiger partial charge on any atom is 0.433 e. The van der Waals surface area contributed by atoms with Crippen LogP contribution in [0.15, 0.2) is 52.5 Å². The van der Waals surface area contributed by atoms with E-state index in [1.807, 2.05) is 30.3 Å². The number of rotatable bonds is 5. The molecule has 2 aromatic rings. The van der Waals surface area contributed by atoms with Gasteiger partial charge in [0, 0.05) is 12.6 Å². The first-order valence-corrected chi connectivity index (χ1v) is 6.28. The molecule has 2 rings (SSSR count). The first kappa shape index (κ1) is 15.0. The van der Waals surface area contributed by atoms with E-state index in [9.17, 15) is 14.9 Å². The summed E-state index contributed by atoms with van der Waals surface area (Å²) < 4.78 is 4.88. The van der Waals surface area contributed by atoms with E-state index in [2.05, 4.69) is 5.32 Å². The highest BCUT2D eigenvalue weighted by Gasteiger charge is 2.13. The van der Waals surface area contributed by atoms with Crippen molar-refractivity contribution >= 4 is 17.9 Å². The van der Waals surface area contributed by atoms with E-state index in [0.717, 1.165) is 17.7 Å². The molecule has 1 aromatic heterocycles. The van der Waals surface area contributed by atoms with Crippen LogP contribution in [0.4, 0.5) is 5.88 Å². The third-order valence-corrected chi connectivity index (χ3v) is 2.74. The zero-order chi connectivity index (χ0) is 15.9. The summed E-state index contributed by atoms with van der Waals surface area (Å²) in [4.78, 5) is 21.7. The van der Waals surface area contributed by atoms with Crippen LogP contribution >= 0.6 is 0 Å². The molecule has 7 heteroatoms. The molecule has 0 atom stereocenters. The molecule has 0 aliphatic rings. The fourth-order valence-electron chi connectivity index (χ4n) is 1.68. The molecule has 1 aromatic carbocycles. The van der Waals surface area contributed by atoms with Crippen LogP contribution < -0.4 is 5.32 Å². The van der Waals surface area contributed by atoms with Gasteiger partial charge in [0.25, 0.3) is 5.91 Å². The van der Waals surface area contributed by atoms with E-state index < -0.39 is 16.7 Å². The van der Waals surface area contributed by atoms with Gasteiger partial charge < -0.3 is 9.73 Å². The van der Waals surface area contributed by atoms with Gasteiger partial charge in [-0.05, 0) is 11.6 Å². The lowest BCUT2D eigenvalue weighted by atomic mass is 10.2. The third-order valence-electron chi connectivity index (χ3n) is 2.74. The molecule has 0 saturated heterocycles. The minimum absolute atomic E-state index is 0.0677. The summed E-state index contributed by atoms with van der Waals surface area (Å²) in [6, 6.07) is 13.4. The van der Waals surface area contributed by atoms with Crippen LogP contribution in [0.3, 0.4) is 0 Å². The normalized spacial score (nSPS) is 10.8. The molecule has 0 bridgehead atoms. The molecule has 0 fully saturated rings. The fourth-order valence-corrected chi connectivity index (χ4v) is 1.68. The van der Waals surface area contributed by atoms with Crippen LogP contribution in [0.2, 0.25) is 0 Å². The van der Waals surface area contributed by atoms with Crippen LogP contribution in [0, 0.1) is 21.4 Å². The van der Waals surface area contributed by atoms with Crippen LogP contribution in [-0.2, 0) is 11.3 Å². The van der Waals surface area contributed by atoms with Crippen LogP contribution in [-0.4, -0.2) is 10.8 Å². The molecule has 110 valence electrons. The van der Waals surface area contributed by atoms with Gasteiger partial charge in [-0.15, -0.1) is 0 Å². The zero-order valence-electron chi connectivity index (χ0n) is 11.4. The number of carbonyl (C=O) groups is 1. The molecular weight excluding hydrogens is 286 g/mol. The number of nitrogens with one attached hydrogen (secondary N) is 1. The average molecular weight is 297 g/mol. The second-order valence-electron chi connectivity index (χ2n) is 4.27. The predicted octanol–water partition coefficient (Wildman–Crippen LogP) is 2.41. The first-order chi connectivity index (χ1) is 10.6. The lowest BCUT2D eigenvalue weighted by Gasteiger charge is -2.03. The lowest BCUT2D eigenvalue weighted by molar-refractivity contribution is -0.402. The highest BCUT2D eigenvalue weighted by molar-refractivity contribution is 6.01. The SMILES string of the molecule is N#C/C(=C/c1ccc([N+](=O)[O-])o1)C(=O)NCc1ccccc1. The van der Waals surface area contributed by atoms with Gasteiger partial charge in [0.1, 0.15) is 22.3 Å². The topological polar surface area (TPSA) is 109 Å². The Kier molecular flexibility index (Phi) is 4.67. The summed E-state index contributed by atoms with van der Waals surface area (Å²) >= 11 is 0. The van der Waals surface area contributed by atoms with E-state index in [1.54, 1.807) is 6.07 Å². The quantitative estimate of drug-likeness (QED) is 0.394. The zero-order valence-corrected chi connectivity index (χ0v) is 11.4. The molecule has 22 heavy (non-hydrogen) atoms. The molecule has 0 saturated carbocycles. The lowest BCUT2D eigenvalue weighted by Crippen LogP contribution is -2.23. The highest BCUT2D eigenvalue weighted by Crippen LogP contribution is 2.18. The van der Waals surface area contributed by atoms with Gasteiger partial charge in [0.15, 0.2) is 0 Å². The number of furan rings is 1. The summed E-state index contributed by atoms with van der Waals surface area (Å²) in [6.45, 7) is 0.275. The number of nitriles is 1. The Balaban J connectivity index is 2.06. The summed E-state index contributed by atoms with van der Waals surface area (Å²) in [5.74, 6) is -0.961. The van der Waals surface area contributed by atoms with Gasteiger partial charge in [0.05, 0.1) is 6.07 Å². The Labute approximate surface area is 125 Å². The third kappa shape index (κ3) is 3.80. The van der Waals surface area contributed by atoms with Crippen molar-refractivity contribution in [2.24, 2.45) is 0 Å². The van der Waals surface area contributed by atoms with Crippen LogP contribution in [0.25, 0.3) is 6.08 Å². The number of nitrogens with zero attached hydrogens (tertiary/aromatic N) is 2. The molecule has 1 N–H and O–H groups in total. The van der Waals surface area contributed by atoms with Gasteiger partial charge >= 0.3 is 5.88 Å². The molecule has 0 unspecified atom stereocenters. The van der Waals surface area contributed by atoms with Crippen molar-refractivity contribution in [3.05, 3.63) is 69.5 Å². The second kappa shape index (κ2) is 6.85. The van der Waals surface area contributed by atoms with Gasteiger partial charge in [-0.1, -0.05) is 30.3 Å². The Bertz CT molecular complexity index is 757. The van der Waals surface area contributed by atoms with E-state index >= 15 is 0 Å². The van der Waals surface area contributed by atoms with E-state index in [-0.39, 0.29) is 17.9 Å². The Morgan fingerprint density at radius 1 is 1.32 bits per heavy atom. The Hall–Kier alpha value is -3.40. The predicted molar refractivity (Wildman–Crippen MR) is 77.2 cm³/mol. The largest absolute Gasteiger partial charge is 0.433 e. The Morgan fingerprint density at radius 2 is 2.05 bits per heavy atom. The summed E-state index contributed by atoms with van der Waals surface area (Å²) in [6.07, 6.45) is 1.16. The summed E-state index contributed by atoms with van der Waals surface area (Å²) in [7, 11) is 0. The number of carbonyl (C=O) groups excluding carboxylic acids is 1. The molecule has 7 nitrogen and oxygen atoms in total. The molecule has 0 aliphatic carbocycles. The monoisotopic (exact) mass is 297 g/mol. The number of amides is 1. The maximum absolute atomic E-state index is 11.9. The van der Waals surface area contributed by atoms with Crippen LogP contribution in [0.5, 0.6) is 0 Å². The number of hydrogen-bond acceptors (Lipinski definition) is 5. The van der Waals surface area contributed by atoms with E-state index in [0.29, 0.717) is 0 Å². The first-order valence-electron chi connectivity index (χ1n) is 6.28. The van der Waals surface area contributed by atoms with Gasteiger partial charge in [-0.2, -0.15) is 5.26 Å². The molecule has 1 heterocycles.